The first kappa shape index (κ1) is 15.5. The van der Waals surface area contributed by atoms with Crippen LogP contribution in [0.3, 0.4) is 0 Å². The molecule has 0 amide bonds. The van der Waals surface area contributed by atoms with Gasteiger partial charge in [0.05, 0.1) is 10.8 Å². The molecule has 19 heavy (non-hydrogen) atoms. The summed E-state index contributed by atoms with van der Waals surface area (Å²) in [6, 6.07) is 1.51. The van der Waals surface area contributed by atoms with Crippen LogP contribution in [0.2, 0.25) is 5.02 Å². The molecule has 0 aromatic carbocycles. The molecule has 1 aromatic heterocycles. The van der Waals surface area contributed by atoms with Gasteiger partial charge >= 0.3 is 0 Å². The maximum atomic E-state index is 11.1. The number of hydrogen-bond acceptors (Lipinski definition) is 6. The number of amidine groups is 1. The van der Waals surface area contributed by atoms with E-state index < -0.39 is 9.84 Å². The van der Waals surface area contributed by atoms with Crippen molar-refractivity contribution in [1.82, 2.24) is 4.98 Å². The number of nitrogens with zero attached hydrogens (tertiary/aromatic N) is 3. The van der Waals surface area contributed by atoms with Crippen LogP contribution in [0.15, 0.2) is 17.4 Å². The zero-order valence-electron chi connectivity index (χ0n) is 10.5. The van der Waals surface area contributed by atoms with E-state index in [9.17, 15) is 8.42 Å². The SMILES string of the molecule is CN(CCS(C)(=O)=O)c1nccc(/C(N)=N/O)c1Cl. The highest BCUT2D eigenvalue weighted by Gasteiger charge is 2.15. The van der Waals surface area contributed by atoms with Gasteiger partial charge in [0.1, 0.15) is 15.7 Å². The van der Waals surface area contributed by atoms with Gasteiger partial charge in [0.2, 0.25) is 0 Å². The van der Waals surface area contributed by atoms with Crippen molar-refractivity contribution in [3.05, 3.63) is 22.8 Å². The summed E-state index contributed by atoms with van der Waals surface area (Å²) in [7, 11) is -1.41. The molecule has 1 rings (SSSR count). The van der Waals surface area contributed by atoms with Crippen LogP contribution < -0.4 is 10.6 Å². The second kappa shape index (κ2) is 6.07. The Morgan fingerprint density at radius 1 is 1.63 bits per heavy atom. The van der Waals surface area contributed by atoms with Crippen molar-refractivity contribution in [3.8, 4) is 0 Å². The van der Waals surface area contributed by atoms with Crippen molar-refractivity contribution in [2.45, 2.75) is 0 Å². The summed E-state index contributed by atoms with van der Waals surface area (Å²) in [5.41, 5.74) is 5.81. The number of halogens is 1. The zero-order valence-corrected chi connectivity index (χ0v) is 12.1. The second-order valence-corrected chi connectivity index (χ2v) is 6.67. The van der Waals surface area contributed by atoms with E-state index in [4.69, 9.17) is 22.5 Å². The van der Waals surface area contributed by atoms with E-state index in [1.807, 2.05) is 0 Å². The average molecular weight is 307 g/mol. The molecule has 0 saturated carbocycles. The topological polar surface area (TPSA) is 109 Å². The predicted molar refractivity (Wildman–Crippen MR) is 74.7 cm³/mol. The number of hydrogen-bond donors (Lipinski definition) is 2. The summed E-state index contributed by atoms with van der Waals surface area (Å²) in [6.45, 7) is 0.241. The lowest BCUT2D eigenvalue weighted by Crippen LogP contribution is -2.26. The van der Waals surface area contributed by atoms with E-state index in [0.29, 0.717) is 11.4 Å². The highest BCUT2D eigenvalue weighted by molar-refractivity contribution is 7.90. The lowest BCUT2D eigenvalue weighted by atomic mass is 10.2. The van der Waals surface area contributed by atoms with Crippen LogP contribution in [0, 0.1) is 0 Å². The third kappa shape index (κ3) is 4.25. The van der Waals surface area contributed by atoms with Crippen LogP contribution in [0.1, 0.15) is 5.56 Å². The second-order valence-electron chi connectivity index (χ2n) is 4.03. The van der Waals surface area contributed by atoms with E-state index in [2.05, 4.69) is 10.1 Å². The summed E-state index contributed by atoms with van der Waals surface area (Å²) in [5, 5.41) is 11.7. The van der Waals surface area contributed by atoms with Crippen molar-refractivity contribution in [3.63, 3.8) is 0 Å². The Labute approximate surface area is 116 Å². The number of pyridine rings is 1. The maximum absolute atomic E-state index is 11.1. The number of aromatic nitrogens is 1. The Kier molecular flexibility index (Phi) is 4.96. The van der Waals surface area contributed by atoms with E-state index in [-0.39, 0.29) is 23.2 Å². The van der Waals surface area contributed by atoms with Crippen LogP contribution in [0.5, 0.6) is 0 Å². The van der Waals surface area contributed by atoms with Gasteiger partial charge in [0.25, 0.3) is 0 Å². The van der Waals surface area contributed by atoms with Crippen molar-refractivity contribution >= 4 is 33.1 Å². The van der Waals surface area contributed by atoms with Gasteiger partial charge in [-0.25, -0.2) is 13.4 Å². The fraction of sp³-hybridized carbons (Fsp3) is 0.400. The smallest absolute Gasteiger partial charge is 0.171 e. The summed E-state index contributed by atoms with van der Waals surface area (Å²) >= 11 is 6.10. The summed E-state index contributed by atoms with van der Waals surface area (Å²) < 4.78 is 22.2. The number of oxime groups is 1. The molecule has 0 atom stereocenters. The van der Waals surface area contributed by atoms with Crippen molar-refractivity contribution in [2.24, 2.45) is 10.9 Å². The van der Waals surface area contributed by atoms with Gasteiger partial charge in [0.15, 0.2) is 5.84 Å². The van der Waals surface area contributed by atoms with Gasteiger partial charge in [-0.05, 0) is 6.07 Å². The first-order chi connectivity index (χ1) is 8.76. The quantitative estimate of drug-likeness (QED) is 0.351. The maximum Gasteiger partial charge on any atom is 0.171 e. The van der Waals surface area contributed by atoms with Gasteiger partial charge in [-0.3, -0.25) is 0 Å². The van der Waals surface area contributed by atoms with Gasteiger partial charge < -0.3 is 15.8 Å². The van der Waals surface area contributed by atoms with Crippen LogP contribution >= 0.6 is 11.6 Å². The third-order valence-corrected chi connectivity index (χ3v) is 3.71. The molecule has 9 heteroatoms. The Morgan fingerprint density at radius 2 is 2.26 bits per heavy atom. The van der Waals surface area contributed by atoms with Gasteiger partial charge in [-0.2, -0.15) is 0 Å². The molecule has 0 aliphatic heterocycles. The number of nitrogens with two attached hydrogens (primary N) is 1. The van der Waals surface area contributed by atoms with Crippen molar-refractivity contribution in [1.29, 1.82) is 0 Å². The van der Waals surface area contributed by atoms with Crippen LogP contribution in [-0.2, 0) is 9.84 Å². The molecule has 0 aliphatic carbocycles. The lowest BCUT2D eigenvalue weighted by Gasteiger charge is -2.19. The molecular formula is C10H15ClN4O3S. The summed E-state index contributed by atoms with van der Waals surface area (Å²) in [4.78, 5) is 5.66. The first-order valence-electron chi connectivity index (χ1n) is 5.27. The molecular weight excluding hydrogens is 292 g/mol. The fourth-order valence-electron chi connectivity index (χ4n) is 1.36. The minimum Gasteiger partial charge on any atom is -0.409 e. The Balaban J connectivity index is 3.01. The minimum atomic E-state index is -3.07. The summed E-state index contributed by atoms with van der Waals surface area (Å²) in [6.07, 6.45) is 2.61. The van der Waals surface area contributed by atoms with Crippen molar-refractivity contribution < 1.29 is 13.6 Å². The largest absolute Gasteiger partial charge is 0.409 e. The van der Waals surface area contributed by atoms with Crippen LogP contribution in [-0.4, -0.2) is 50.0 Å². The fourth-order valence-corrected chi connectivity index (χ4v) is 2.32. The summed E-state index contributed by atoms with van der Waals surface area (Å²) in [5.74, 6) is 0.217. The molecule has 0 aliphatic rings. The van der Waals surface area contributed by atoms with Crippen molar-refractivity contribution in [2.75, 3.05) is 30.5 Å². The van der Waals surface area contributed by atoms with Crippen LogP contribution in [0.25, 0.3) is 0 Å². The Bertz CT molecular complexity index is 588. The van der Waals surface area contributed by atoms with E-state index in [0.717, 1.165) is 6.26 Å². The normalized spacial score (nSPS) is 12.5. The highest BCUT2D eigenvalue weighted by Crippen LogP contribution is 2.25. The molecule has 0 radical (unpaired) electrons. The number of anilines is 1. The minimum absolute atomic E-state index is 0.0185. The first-order valence-corrected chi connectivity index (χ1v) is 7.71. The van der Waals surface area contributed by atoms with Crippen LogP contribution in [0.4, 0.5) is 5.82 Å². The van der Waals surface area contributed by atoms with E-state index in [1.165, 1.54) is 12.3 Å². The third-order valence-electron chi connectivity index (χ3n) is 2.41. The average Bonchev–Trinajstić information content (AvgIpc) is 2.34. The predicted octanol–water partition coefficient (Wildman–Crippen LogP) is 0.310. The molecule has 1 heterocycles. The van der Waals surface area contributed by atoms with Gasteiger partial charge in [-0.1, -0.05) is 16.8 Å². The Morgan fingerprint density at radius 3 is 2.79 bits per heavy atom. The monoisotopic (exact) mass is 306 g/mol. The standard InChI is InChI=1S/C10H15ClN4O3S/c1-15(5-6-19(2,17)18)10-8(11)7(3-4-13-10)9(12)14-16/h3-4,16H,5-6H2,1-2H3,(H2,12,14). The highest BCUT2D eigenvalue weighted by atomic mass is 35.5. The zero-order chi connectivity index (χ0) is 14.6. The van der Waals surface area contributed by atoms with E-state index in [1.54, 1.807) is 11.9 Å². The van der Waals surface area contributed by atoms with E-state index >= 15 is 0 Å². The van der Waals surface area contributed by atoms with Gasteiger partial charge in [-0.15, -0.1) is 0 Å². The molecule has 7 nitrogen and oxygen atoms in total. The number of sulfone groups is 1. The molecule has 0 fully saturated rings. The molecule has 0 unspecified atom stereocenters. The molecule has 0 saturated heterocycles. The molecule has 0 spiro atoms. The Hall–Kier alpha value is -1.54. The molecule has 3 N–H and O–H groups in total. The molecule has 1 aromatic rings. The number of rotatable bonds is 5. The lowest BCUT2D eigenvalue weighted by molar-refractivity contribution is 0.318. The van der Waals surface area contributed by atoms with Gasteiger partial charge in [0, 0.05) is 31.6 Å². The molecule has 0 bridgehead atoms. The molecule has 106 valence electrons.